The minimum absolute atomic E-state index is 0.0560. The number of aliphatic hydroxyl groups is 1. The average molecular weight is 330 g/mol. The van der Waals surface area contributed by atoms with Crippen LogP contribution >= 0.6 is 0 Å². The lowest BCUT2D eigenvalue weighted by atomic mass is 9.58. The first-order chi connectivity index (χ1) is 11.7. The first-order valence-corrected chi connectivity index (χ1v) is 8.91. The third kappa shape index (κ3) is 2.75. The summed E-state index contributed by atoms with van der Waals surface area (Å²) >= 11 is 0. The maximum absolute atomic E-state index is 10.3. The number of fused-ring (bicyclic) bond motifs is 1. The van der Waals surface area contributed by atoms with E-state index in [1.165, 1.54) is 0 Å². The summed E-state index contributed by atoms with van der Waals surface area (Å²) in [5.41, 5.74) is 6.44. The van der Waals surface area contributed by atoms with Crippen molar-refractivity contribution < 1.29 is 14.3 Å². The normalized spacial score (nSPS) is 26.8. The summed E-state index contributed by atoms with van der Waals surface area (Å²) in [6.45, 7) is 3.89. The number of furan rings is 1. The minimum Gasteiger partial charge on any atom is -0.460 e. The van der Waals surface area contributed by atoms with Crippen LogP contribution in [-0.2, 0) is 11.3 Å². The highest BCUT2D eigenvalue weighted by molar-refractivity contribution is 5.77. The Labute approximate surface area is 142 Å². The number of aliphatic hydroxyl groups excluding tert-OH is 1. The Bertz CT molecular complexity index is 658. The van der Waals surface area contributed by atoms with Crippen LogP contribution < -0.4 is 5.73 Å². The smallest absolute Gasteiger partial charge is 0.134 e. The molecule has 1 aliphatic heterocycles. The number of hydrogen-bond acceptors (Lipinski definition) is 5. The minimum atomic E-state index is -0.228. The molecule has 3 N–H and O–H groups in total. The van der Waals surface area contributed by atoms with Crippen molar-refractivity contribution in [1.29, 1.82) is 0 Å². The Kier molecular flexibility index (Phi) is 4.35. The number of nitrogens with two attached hydrogens (primary N) is 1. The zero-order valence-electron chi connectivity index (χ0n) is 14.0. The molecule has 5 heteroatoms. The van der Waals surface area contributed by atoms with Crippen LogP contribution in [0, 0.1) is 5.41 Å². The number of rotatable bonds is 5. The maximum atomic E-state index is 10.3. The topological polar surface area (TPSA) is 71.9 Å². The molecule has 0 radical (unpaired) electrons. The zero-order valence-corrected chi connectivity index (χ0v) is 14.0. The van der Waals surface area contributed by atoms with Crippen molar-refractivity contribution >= 4 is 11.0 Å². The molecule has 1 aliphatic carbocycles. The molecule has 1 saturated carbocycles. The molecule has 1 spiro atoms. The van der Waals surface area contributed by atoms with E-state index < -0.39 is 0 Å². The van der Waals surface area contributed by atoms with Gasteiger partial charge in [0.25, 0.3) is 0 Å². The van der Waals surface area contributed by atoms with E-state index in [1.54, 1.807) is 0 Å². The van der Waals surface area contributed by atoms with E-state index in [4.69, 9.17) is 14.9 Å². The SMILES string of the molecule is NCCO[C@@H]1C[C@H](O)C12CCN(Cc1cc3ccccc3o1)CC2. The van der Waals surface area contributed by atoms with Gasteiger partial charge in [-0.05, 0) is 38.1 Å². The Morgan fingerprint density at radius 1 is 1.29 bits per heavy atom. The van der Waals surface area contributed by atoms with E-state index in [2.05, 4.69) is 17.0 Å². The van der Waals surface area contributed by atoms with E-state index in [0.717, 1.165) is 55.6 Å². The Morgan fingerprint density at radius 2 is 2.08 bits per heavy atom. The van der Waals surface area contributed by atoms with Gasteiger partial charge >= 0.3 is 0 Å². The van der Waals surface area contributed by atoms with Gasteiger partial charge < -0.3 is 20.0 Å². The number of para-hydroxylation sites is 1. The van der Waals surface area contributed by atoms with Gasteiger partial charge in [-0.2, -0.15) is 0 Å². The van der Waals surface area contributed by atoms with Gasteiger partial charge in [0.15, 0.2) is 0 Å². The largest absolute Gasteiger partial charge is 0.460 e. The number of piperidine rings is 1. The molecule has 1 aromatic carbocycles. The summed E-state index contributed by atoms with van der Waals surface area (Å²) in [6, 6.07) is 10.3. The summed E-state index contributed by atoms with van der Waals surface area (Å²) in [7, 11) is 0. The van der Waals surface area contributed by atoms with Crippen molar-refractivity contribution in [2.75, 3.05) is 26.2 Å². The van der Waals surface area contributed by atoms with Gasteiger partial charge in [0.1, 0.15) is 11.3 Å². The van der Waals surface area contributed by atoms with Crippen molar-refractivity contribution in [2.24, 2.45) is 11.1 Å². The lowest BCUT2D eigenvalue weighted by molar-refractivity contribution is -0.210. The lowest BCUT2D eigenvalue weighted by Gasteiger charge is -2.56. The molecule has 2 heterocycles. The summed E-state index contributed by atoms with van der Waals surface area (Å²) in [5.74, 6) is 1.01. The third-order valence-electron chi connectivity index (χ3n) is 5.82. The second-order valence-electron chi connectivity index (χ2n) is 7.16. The zero-order chi connectivity index (χ0) is 16.6. The molecule has 0 amide bonds. The lowest BCUT2D eigenvalue weighted by Crippen LogP contribution is -2.62. The van der Waals surface area contributed by atoms with Gasteiger partial charge in [-0.1, -0.05) is 18.2 Å². The van der Waals surface area contributed by atoms with Crippen LogP contribution in [0.5, 0.6) is 0 Å². The summed E-state index contributed by atoms with van der Waals surface area (Å²) < 4.78 is 11.8. The predicted molar refractivity (Wildman–Crippen MR) is 92.6 cm³/mol. The van der Waals surface area contributed by atoms with Gasteiger partial charge in [-0.3, -0.25) is 4.90 Å². The van der Waals surface area contributed by atoms with Crippen molar-refractivity contribution in [2.45, 2.75) is 38.0 Å². The van der Waals surface area contributed by atoms with Crippen LogP contribution in [0.25, 0.3) is 11.0 Å². The quantitative estimate of drug-likeness (QED) is 0.879. The summed E-state index contributed by atoms with van der Waals surface area (Å²) in [5, 5.41) is 11.5. The molecule has 0 unspecified atom stereocenters. The fraction of sp³-hybridized carbons (Fsp3) is 0.579. The molecular weight excluding hydrogens is 304 g/mol. The highest BCUT2D eigenvalue weighted by Gasteiger charge is 2.56. The molecule has 2 aliphatic rings. The van der Waals surface area contributed by atoms with Gasteiger partial charge in [-0.15, -0.1) is 0 Å². The molecule has 1 saturated heterocycles. The first-order valence-electron chi connectivity index (χ1n) is 8.91. The van der Waals surface area contributed by atoms with Crippen molar-refractivity contribution in [3.8, 4) is 0 Å². The Balaban J connectivity index is 1.37. The van der Waals surface area contributed by atoms with Crippen molar-refractivity contribution in [3.63, 3.8) is 0 Å². The molecule has 5 nitrogen and oxygen atoms in total. The molecular formula is C19H26N2O3. The number of nitrogens with zero attached hydrogens (tertiary/aromatic N) is 1. The molecule has 24 heavy (non-hydrogen) atoms. The van der Waals surface area contributed by atoms with Crippen LogP contribution in [0.1, 0.15) is 25.0 Å². The fourth-order valence-electron chi connectivity index (χ4n) is 4.29. The number of hydrogen-bond donors (Lipinski definition) is 2. The monoisotopic (exact) mass is 330 g/mol. The Morgan fingerprint density at radius 3 is 2.79 bits per heavy atom. The van der Waals surface area contributed by atoms with Crippen LogP contribution in [0.4, 0.5) is 0 Å². The van der Waals surface area contributed by atoms with Crippen molar-refractivity contribution in [3.05, 3.63) is 36.1 Å². The molecule has 2 aromatic rings. The number of ether oxygens (including phenoxy) is 1. The summed E-state index contributed by atoms with van der Waals surface area (Å²) in [6.07, 6.45) is 2.65. The van der Waals surface area contributed by atoms with E-state index >= 15 is 0 Å². The predicted octanol–water partition coefficient (Wildman–Crippen LogP) is 2.12. The standard InChI is InChI=1S/C19H26N2O3/c20-7-10-23-18-12-17(22)19(18)5-8-21(9-6-19)13-15-11-14-3-1-2-4-16(14)24-15/h1-4,11,17-18,22H,5-10,12-13,20H2/t17-,18+/m0/s1. The molecule has 2 fully saturated rings. The van der Waals surface area contributed by atoms with Crippen molar-refractivity contribution in [1.82, 2.24) is 4.90 Å². The first kappa shape index (κ1) is 16.1. The van der Waals surface area contributed by atoms with Crippen LogP contribution in [-0.4, -0.2) is 48.5 Å². The van der Waals surface area contributed by atoms with E-state index in [9.17, 15) is 5.11 Å². The molecule has 4 rings (SSSR count). The highest BCUT2D eigenvalue weighted by atomic mass is 16.5. The summed E-state index contributed by atoms with van der Waals surface area (Å²) in [4.78, 5) is 2.41. The second kappa shape index (κ2) is 6.48. The average Bonchev–Trinajstić information content (AvgIpc) is 3.01. The van der Waals surface area contributed by atoms with Gasteiger partial charge in [0.05, 0.1) is 25.4 Å². The van der Waals surface area contributed by atoms with E-state index in [1.807, 2.05) is 18.2 Å². The van der Waals surface area contributed by atoms with E-state index in [0.29, 0.717) is 13.2 Å². The molecule has 130 valence electrons. The number of likely N-dealkylation sites (tertiary alicyclic amines) is 1. The third-order valence-corrected chi connectivity index (χ3v) is 5.82. The van der Waals surface area contributed by atoms with Crippen LogP contribution in [0.2, 0.25) is 0 Å². The molecule has 2 atom stereocenters. The molecule has 1 aromatic heterocycles. The number of benzene rings is 1. The maximum Gasteiger partial charge on any atom is 0.134 e. The van der Waals surface area contributed by atoms with Gasteiger partial charge in [0.2, 0.25) is 0 Å². The van der Waals surface area contributed by atoms with E-state index in [-0.39, 0.29) is 17.6 Å². The van der Waals surface area contributed by atoms with Gasteiger partial charge in [-0.25, -0.2) is 0 Å². The van der Waals surface area contributed by atoms with Crippen LogP contribution in [0.15, 0.2) is 34.7 Å². The van der Waals surface area contributed by atoms with Crippen LogP contribution in [0.3, 0.4) is 0 Å². The Hall–Kier alpha value is -1.40. The van der Waals surface area contributed by atoms with Gasteiger partial charge in [0, 0.05) is 23.8 Å². The molecule has 0 bridgehead atoms. The second-order valence-corrected chi connectivity index (χ2v) is 7.16. The fourth-order valence-corrected chi connectivity index (χ4v) is 4.29. The highest BCUT2D eigenvalue weighted by Crippen LogP contribution is 2.51.